The number of aryl methyl sites for hydroxylation is 2. The number of nitrogens with one attached hydrogen (secondary N) is 1. The predicted octanol–water partition coefficient (Wildman–Crippen LogP) is 5.30. The van der Waals surface area contributed by atoms with Crippen molar-refractivity contribution in [3.63, 3.8) is 0 Å². The van der Waals surface area contributed by atoms with Gasteiger partial charge in [0.15, 0.2) is 0 Å². The summed E-state index contributed by atoms with van der Waals surface area (Å²) in [4.78, 5) is 30.8. The number of hydrogen-bond donors (Lipinski definition) is 1. The molecule has 3 aromatic rings. The van der Waals surface area contributed by atoms with Crippen LogP contribution in [0, 0.1) is 13.8 Å². The molecule has 0 aromatic heterocycles. The van der Waals surface area contributed by atoms with E-state index >= 15 is 0 Å². The molecule has 1 N–H and O–H groups in total. The summed E-state index contributed by atoms with van der Waals surface area (Å²) in [5.41, 5.74) is 6.05. The summed E-state index contributed by atoms with van der Waals surface area (Å²) >= 11 is 0. The van der Waals surface area contributed by atoms with E-state index in [0.717, 1.165) is 41.2 Å². The zero-order chi connectivity index (χ0) is 22.9. The van der Waals surface area contributed by atoms with Gasteiger partial charge >= 0.3 is 0 Å². The molecule has 0 radical (unpaired) electrons. The van der Waals surface area contributed by atoms with Crippen molar-refractivity contribution in [3.8, 4) is 0 Å². The van der Waals surface area contributed by atoms with Crippen LogP contribution in [0.2, 0.25) is 0 Å². The predicted molar refractivity (Wildman–Crippen MR) is 133 cm³/mol. The summed E-state index contributed by atoms with van der Waals surface area (Å²) in [6.07, 6.45) is 2.39. The smallest absolute Gasteiger partial charge is 0.282 e. The number of imide groups is 1. The van der Waals surface area contributed by atoms with Crippen molar-refractivity contribution in [2.45, 2.75) is 26.7 Å². The third-order valence-electron chi connectivity index (χ3n) is 6.41. The van der Waals surface area contributed by atoms with Gasteiger partial charge in [-0.25, -0.2) is 4.90 Å². The topological polar surface area (TPSA) is 52.7 Å². The van der Waals surface area contributed by atoms with Crippen molar-refractivity contribution in [2.24, 2.45) is 0 Å². The molecule has 0 aliphatic carbocycles. The Morgan fingerprint density at radius 2 is 1.36 bits per heavy atom. The second-order valence-electron chi connectivity index (χ2n) is 8.71. The van der Waals surface area contributed by atoms with Gasteiger partial charge in [0.1, 0.15) is 5.70 Å². The maximum absolute atomic E-state index is 13.6. The van der Waals surface area contributed by atoms with E-state index in [1.807, 2.05) is 86.6 Å². The molecule has 1 saturated heterocycles. The number of carbonyl (C=O) groups is 2. The fraction of sp³-hybridized carbons (Fsp3) is 0.214. The molecule has 3 aromatic carbocycles. The van der Waals surface area contributed by atoms with Gasteiger partial charge < -0.3 is 10.2 Å². The molecule has 2 aliphatic rings. The normalized spacial score (nSPS) is 16.2. The van der Waals surface area contributed by atoms with Gasteiger partial charge in [-0.1, -0.05) is 48.0 Å². The number of benzene rings is 3. The van der Waals surface area contributed by atoms with Gasteiger partial charge in [-0.05, 0) is 68.1 Å². The fourth-order valence-electron chi connectivity index (χ4n) is 4.50. The lowest BCUT2D eigenvalue weighted by Crippen LogP contribution is -2.32. The summed E-state index contributed by atoms with van der Waals surface area (Å²) in [5.74, 6) is -0.651. The Hall–Kier alpha value is -3.86. The Morgan fingerprint density at radius 1 is 0.727 bits per heavy atom. The molecule has 166 valence electrons. The first-order chi connectivity index (χ1) is 16.0. The highest BCUT2D eigenvalue weighted by Crippen LogP contribution is 2.35. The van der Waals surface area contributed by atoms with Crippen molar-refractivity contribution >= 4 is 34.4 Å². The molecular weight excluding hydrogens is 410 g/mol. The van der Waals surface area contributed by atoms with Crippen molar-refractivity contribution in [1.29, 1.82) is 0 Å². The van der Waals surface area contributed by atoms with E-state index in [9.17, 15) is 9.59 Å². The first-order valence-electron chi connectivity index (χ1n) is 11.4. The summed E-state index contributed by atoms with van der Waals surface area (Å²) in [5, 5.41) is 3.27. The largest absolute Gasteiger partial charge is 0.372 e. The molecule has 5 nitrogen and oxygen atoms in total. The first-order valence-corrected chi connectivity index (χ1v) is 11.4. The number of hydrogen-bond acceptors (Lipinski definition) is 4. The van der Waals surface area contributed by atoms with Gasteiger partial charge in [-0.2, -0.15) is 0 Å². The van der Waals surface area contributed by atoms with Gasteiger partial charge in [0.05, 0.1) is 11.3 Å². The van der Waals surface area contributed by atoms with Crippen LogP contribution in [0.25, 0.3) is 5.57 Å². The third-order valence-corrected chi connectivity index (χ3v) is 6.41. The third kappa shape index (κ3) is 3.91. The van der Waals surface area contributed by atoms with Crippen LogP contribution < -0.4 is 15.1 Å². The Morgan fingerprint density at radius 3 is 2.03 bits per heavy atom. The van der Waals surface area contributed by atoms with E-state index in [4.69, 9.17) is 0 Å². The molecule has 1 fully saturated rings. The van der Waals surface area contributed by atoms with Crippen LogP contribution in [0.15, 0.2) is 78.5 Å². The van der Waals surface area contributed by atoms with Crippen LogP contribution in [0.5, 0.6) is 0 Å². The Labute approximate surface area is 194 Å². The quantitative estimate of drug-likeness (QED) is 0.551. The van der Waals surface area contributed by atoms with Gasteiger partial charge in [-0.3, -0.25) is 9.59 Å². The minimum Gasteiger partial charge on any atom is -0.372 e. The van der Waals surface area contributed by atoms with Crippen molar-refractivity contribution in [1.82, 2.24) is 0 Å². The van der Waals surface area contributed by atoms with Crippen LogP contribution in [0.4, 0.5) is 17.1 Å². The van der Waals surface area contributed by atoms with Crippen LogP contribution in [0.1, 0.15) is 29.5 Å². The number of amides is 2. The molecule has 2 amide bonds. The Bertz CT molecular complexity index is 1240. The molecule has 2 heterocycles. The summed E-state index contributed by atoms with van der Waals surface area (Å²) < 4.78 is 0. The monoisotopic (exact) mass is 437 g/mol. The standard InChI is InChI=1S/C28H27N3O2/c1-19-9-11-21(12-10-19)25-26(29-24-8-4-3-7-20(24)2)28(33)31(27(25)32)23-15-13-22(14-16-23)30-17-5-6-18-30/h3-4,7-16,29H,5-6,17-18H2,1-2H3. The number of rotatable bonds is 5. The van der Waals surface area contributed by atoms with Crippen LogP contribution in [-0.2, 0) is 9.59 Å². The lowest BCUT2D eigenvalue weighted by molar-refractivity contribution is -0.120. The maximum atomic E-state index is 13.6. The zero-order valence-electron chi connectivity index (χ0n) is 19.0. The molecule has 5 heteroatoms. The number of anilines is 3. The lowest BCUT2D eigenvalue weighted by Gasteiger charge is -2.20. The minimum absolute atomic E-state index is 0.307. The average molecular weight is 438 g/mol. The van der Waals surface area contributed by atoms with Crippen molar-refractivity contribution in [3.05, 3.63) is 95.2 Å². The molecular formula is C28H27N3O2. The Balaban J connectivity index is 1.53. The molecule has 0 spiro atoms. The molecule has 2 aliphatic heterocycles. The maximum Gasteiger partial charge on any atom is 0.282 e. The molecule has 0 bridgehead atoms. The molecule has 0 saturated carbocycles. The number of carbonyl (C=O) groups excluding carboxylic acids is 2. The van der Waals surface area contributed by atoms with E-state index in [2.05, 4.69) is 10.2 Å². The first kappa shape index (κ1) is 21.0. The summed E-state index contributed by atoms with van der Waals surface area (Å²) in [7, 11) is 0. The SMILES string of the molecule is Cc1ccc(C2=C(Nc3ccccc3C)C(=O)N(c3ccc(N4CCCC4)cc3)C2=O)cc1. The Kier molecular flexibility index (Phi) is 5.47. The van der Waals surface area contributed by atoms with Crippen molar-refractivity contribution < 1.29 is 9.59 Å². The summed E-state index contributed by atoms with van der Waals surface area (Å²) in [6, 6.07) is 23.2. The zero-order valence-corrected chi connectivity index (χ0v) is 19.0. The van der Waals surface area contributed by atoms with Crippen LogP contribution in [0.3, 0.4) is 0 Å². The average Bonchev–Trinajstić information content (AvgIpc) is 3.44. The van der Waals surface area contributed by atoms with Crippen LogP contribution in [-0.4, -0.2) is 24.9 Å². The van der Waals surface area contributed by atoms with Crippen molar-refractivity contribution in [2.75, 3.05) is 28.2 Å². The van der Waals surface area contributed by atoms with Gasteiger partial charge in [0, 0.05) is 24.5 Å². The second kappa shape index (κ2) is 8.58. The molecule has 0 unspecified atom stereocenters. The highest BCUT2D eigenvalue weighted by molar-refractivity contribution is 6.46. The highest BCUT2D eigenvalue weighted by atomic mass is 16.2. The minimum atomic E-state index is -0.340. The molecule has 33 heavy (non-hydrogen) atoms. The van der Waals surface area contributed by atoms with E-state index < -0.39 is 0 Å². The van der Waals surface area contributed by atoms with Crippen LogP contribution >= 0.6 is 0 Å². The van der Waals surface area contributed by atoms with Gasteiger partial charge in [0.25, 0.3) is 11.8 Å². The van der Waals surface area contributed by atoms with E-state index in [1.165, 1.54) is 17.7 Å². The lowest BCUT2D eigenvalue weighted by atomic mass is 10.0. The van der Waals surface area contributed by atoms with E-state index in [-0.39, 0.29) is 11.8 Å². The highest BCUT2D eigenvalue weighted by Gasteiger charge is 2.40. The number of para-hydroxylation sites is 1. The summed E-state index contributed by atoms with van der Waals surface area (Å²) in [6.45, 7) is 6.07. The number of nitrogens with zero attached hydrogens (tertiary/aromatic N) is 2. The fourth-order valence-corrected chi connectivity index (χ4v) is 4.50. The van der Waals surface area contributed by atoms with E-state index in [1.54, 1.807) is 0 Å². The van der Waals surface area contributed by atoms with Gasteiger partial charge in [0.2, 0.25) is 0 Å². The molecule has 5 rings (SSSR count). The van der Waals surface area contributed by atoms with E-state index in [0.29, 0.717) is 17.0 Å². The molecule has 0 atom stereocenters. The van der Waals surface area contributed by atoms with Gasteiger partial charge in [-0.15, -0.1) is 0 Å². The second-order valence-corrected chi connectivity index (χ2v) is 8.71.